The molecule has 0 aliphatic carbocycles. The number of fused-ring (bicyclic) bond motifs is 1. The largest absolute Gasteiger partial charge is 0.494 e. The smallest absolute Gasteiger partial charge is 0.134 e. The number of nitrogens with zero attached hydrogens (tertiary/aromatic N) is 3. The summed E-state index contributed by atoms with van der Waals surface area (Å²) in [6, 6.07) is 16.5. The minimum absolute atomic E-state index is 0.685. The van der Waals surface area contributed by atoms with E-state index in [9.17, 15) is 0 Å². The highest BCUT2D eigenvalue weighted by atomic mass is 16.5. The third kappa shape index (κ3) is 4.14. The van der Waals surface area contributed by atoms with Gasteiger partial charge < -0.3 is 9.30 Å². The molecule has 0 spiro atoms. The molecule has 0 N–H and O–H groups in total. The molecule has 0 atom stereocenters. The normalized spacial score (nSPS) is 11.7. The van der Waals surface area contributed by atoms with E-state index < -0.39 is 0 Å². The number of hydrogen-bond donors (Lipinski definition) is 0. The predicted octanol–water partition coefficient (Wildman–Crippen LogP) is 4.90. The second-order valence-corrected chi connectivity index (χ2v) is 6.17. The van der Waals surface area contributed by atoms with Crippen LogP contribution < -0.4 is 4.74 Å². The van der Waals surface area contributed by atoms with Crippen molar-refractivity contribution in [1.82, 2.24) is 14.5 Å². The van der Waals surface area contributed by atoms with Crippen LogP contribution >= 0.6 is 0 Å². The van der Waals surface area contributed by atoms with Crippen molar-refractivity contribution in [2.24, 2.45) is 0 Å². The maximum atomic E-state index is 5.51. The van der Waals surface area contributed by atoms with Gasteiger partial charge in [0.25, 0.3) is 0 Å². The quantitative estimate of drug-likeness (QED) is 0.579. The van der Waals surface area contributed by atoms with Gasteiger partial charge in [0.1, 0.15) is 11.6 Å². The molecule has 2 aromatic carbocycles. The van der Waals surface area contributed by atoms with Crippen LogP contribution in [0.25, 0.3) is 23.2 Å². The molecule has 0 saturated carbocycles. The van der Waals surface area contributed by atoms with E-state index in [1.165, 1.54) is 5.52 Å². The van der Waals surface area contributed by atoms with Gasteiger partial charge in [-0.1, -0.05) is 44.2 Å². The molecule has 0 unspecified atom stereocenters. The average molecular weight is 349 g/mol. The van der Waals surface area contributed by atoms with E-state index in [1.807, 2.05) is 25.1 Å². The Hall–Kier alpha value is -2.59. The molecule has 0 radical (unpaired) electrons. The van der Waals surface area contributed by atoms with Crippen LogP contribution in [0, 0.1) is 0 Å². The lowest BCUT2D eigenvalue weighted by atomic mass is 10.2. The van der Waals surface area contributed by atoms with Crippen molar-refractivity contribution in [2.75, 3.05) is 19.7 Å². The van der Waals surface area contributed by atoms with E-state index in [-0.39, 0.29) is 0 Å². The molecule has 3 rings (SSSR count). The van der Waals surface area contributed by atoms with Gasteiger partial charge in [-0.2, -0.15) is 0 Å². The molecule has 3 aromatic rings. The number of benzene rings is 2. The van der Waals surface area contributed by atoms with Gasteiger partial charge in [-0.25, -0.2) is 4.98 Å². The van der Waals surface area contributed by atoms with Gasteiger partial charge >= 0.3 is 0 Å². The molecular formula is C22H27N3O. The van der Waals surface area contributed by atoms with Crippen molar-refractivity contribution >= 4 is 23.2 Å². The minimum Gasteiger partial charge on any atom is -0.494 e. The summed E-state index contributed by atoms with van der Waals surface area (Å²) >= 11 is 0. The third-order valence-electron chi connectivity index (χ3n) is 4.54. The van der Waals surface area contributed by atoms with Crippen molar-refractivity contribution < 1.29 is 4.74 Å². The first kappa shape index (κ1) is 18.2. The predicted molar refractivity (Wildman–Crippen MR) is 109 cm³/mol. The van der Waals surface area contributed by atoms with Gasteiger partial charge in [-0.15, -0.1) is 0 Å². The van der Waals surface area contributed by atoms with Crippen LogP contribution in [0.4, 0.5) is 0 Å². The number of aromatic nitrogens is 2. The fourth-order valence-electron chi connectivity index (χ4n) is 3.01. The molecule has 0 amide bonds. The van der Waals surface area contributed by atoms with E-state index >= 15 is 0 Å². The topological polar surface area (TPSA) is 30.3 Å². The van der Waals surface area contributed by atoms with Crippen molar-refractivity contribution in [3.63, 3.8) is 0 Å². The van der Waals surface area contributed by atoms with Gasteiger partial charge in [0.05, 0.1) is 24.3 Å². The van der Waals surface area contributed by atoms with Crippen LogP contribution in [-0.4, -0.2) is 34.1 Å². The summed E-state index contributed by atoms with van der Waals surface area (Å²) in [5, 5.41) is 0. The highest BCUT2D eigenvalue weighted by Crippen LogP contribution is 2.19. The Labute approximate surface area is 155 Å². The maximum absolute atomic E-state index is 5.51. The lowest BCUT2D eigenvalue weighted by molar-refractivity contribution is 0.245. The molecule has 4 heteroatoms. The summed E-state index contributed by atoms with van der Waals surface area (Å²) in [5.74, 6) is 1.88. The van der Waals surface area contributed by atoms with Crippen molar-refractivity contribution in [1.29, 1.82) is 0 Å². The van der Waals surface area contributed by atoms with Crippen LogP contribution in [0.15, 0.2) is 48.5 Å². The molecule has 136 valence electrons. The Morgan fingerprint density at radius 3 is 2.38 bits per heavy atom. The molecule has 1 heterocycles. The Morgan fingerprint density at radius 2 is 1.69 bits per heavy atom. The summed E-state index contributed by atoms with van der Waals surface area (Å²) in [6.07, 6.45) is 4.20. The van der Waals surface area contributed by atoms with Crippen molar-refractivity contribution in [3.05, 3.63) is 59.9 Å². The maximum Gasteiger partial charge on any atom is 0.134 e. The number of para-hydroxylation sites is 2. The molecule has 0 aliphatic rings. The summed E-state index contributed by atoms with van der Waals surface area (Å²) in [6.45, 7) is 9.95. The first-order valence-corrected chi connectivity index (χ1v) is 9.33. The Balaban J connectivity index is 1.90. The molecule has 0 saturated heterocycles. The highest BCUT2D eigenvalue weighted by molar-refractivity contribution is 5.79. The zero-order valence-corrected chi connectivity index (χ0v) is 15.9. The molecule has 0 bridgehead atoms. The van der Waals surface area contributed by atoms with Gasteiger partial charge in [-0.3, -0.25) is 4.90 Å². The van der Waals surface area contributed by atoms with Gasteiger partial charge in [-0.05, 0) is 55.9 Å². The third-order valence-corrected chi connectivity index (χ3v) is 4.54. The summed E-state index contributed by atoms with van der Waals surface area (Å²) in [5.41, 5.74) is 3.34. The lowest BCUT2D eigenvalue weighted by Gasteiger charge is -2.20. The summed E-state index contributed by atoms with van der Waals surface area (Å²) < 4.78 is 7.79. The van der Waals surface area contributed by atoms with E-state index in [4.69, 9.17) is 9.72 Å². The van der Waals surface area contributed by atoms with Crippen LogP contribution in [0.1, 0.15) is 32.2 Å². The van der Waals surface area contributed by atoms with Gasteiger partial charge in [0, 0.05) is 0 Å². The zero-order chi connectivity index (χ0) is 18.4. The average Bonchev–Trinajstić information content (AvgIpc) is 3.03. The van der Waals surface area contributed by atoms with E-state index in [0.717, 1.165) is 42.4 Å². The first-order valence-electron chi connectivity index (χ1n) is 9.33. The van der Waals surface area contributed by atoms with E-state index in [1.54, 1.807) is 0 Å². The molecule has 1 aromatic heterocycles. The summed E-state index contributed by atoms with van der Waals surface area (Å²) in [7, 11) is 0. The molecule has 26 heavy (non-hydrogen) atoms. The van der Waals surface area contributed by atoms with E-state index in [2.05, 4.69) is 65.8 Å². The SMILES string of the molecule is CCOc1ccc(C=Cc2nc3ccccc3n2CN(CC)CC)cc1. The Kier molecular flexibility index (Phi) is 6.08. The van der Waals surface area contributed by atoms with Crippen molar-refractivity contribution in [3.8, 4) is 5.75 Å². The standard InChI is InChI=1S/C22H27N3O/c1-4-24(5-2)17-25-21-10-8-7-9-20(21)23-22(25)16-13-18-11-14-19(15-12-18)26-6-3/h7-16H,4-6,17H2,1-3H3. The van der Waals surface area contributed by atoms with Gasteiger partial charge in [0.2, 0.25) is 0 Å². The minimum atomic E-state index is 0.685. The fraction of sp³-hybridized carbons (Fsp3) is 0.318. The van der Waals surface area contributed by atoms with Crippen LogP contribution in [0.2, 0.25) is 0 Å². The monoisotopic (exact) mass is 349 g/mol. The molecule has 0 aliphatic heterocycles. The fourth-order valence-corrected chi connectivity index (χ4v) is 3.01. The number of rotatable bonds is 8. The number of ether oxygens (including phenoxy) is 1. The van der Waals surface area contributed by atoms with Gasteiger partial charge in [0.15, 0.2) is 0 Å². The van der Waals surface area contributed by atoms with Crippen LogP contribution in [-0.2, 0) is 6.67 Å². The molecular weight excluding hydrogens is 322 g/mol. The Morgan fingerprint density at radius 1 is 0.962 bits per heavy atom. The van der Waals surface area contributed by atoms with Crippen LogP contribution in [0.3, 0.4) is 0 Å². The zero-order valence-electron chi connectivity index (χ0n) is 15.9. The Bertz CT molecular complexity index is 861. The first-order chi connectivity index (χ1) is 12.7. The summed E-state index contributed by atoms with van der Waals surface area (Å²) in [4.78, 5) is 7.21. The second kappa shape index (κ2) is 8.68. The van der Waals surface area contributed by atoms with Crippen LogP contribution in [0.5, 0.6) is 5.75 Å². The van der Waals surface area contributed by atoms with E-state index in [0.29, 0.717) is 6.61 Å². The number of imidazole rings is 1. The van der Waals surface area contributed by atoms with Crippen molar-refractivity contribution in [2.45, 2.75) is 27.4 Å². The number of hydrogen-bond acceptors (Lipinski definition) is 3. The second-order valence-electron chi connectivity index (χ2n) is 6.17. The highest BCUT2D eigenvalue weighted by Gasteiger charge is 2.10. The molecule has 0 fully saturated rings. The lowest BCUT2D eigenvalue weighted by Crippen LogP contribution is -2.26. The molecule has 4 nitrogen and oxygen atoms in total.